The molecular formula is C13H13BrN2O4. The first kappa shape index (κ1) is 14.5. The third kappa shape index (κ3) is 2.40. The van der Waals surface area contributed by atoms with Gasteiger partial charge in [0.1, 0.15) is 5.75 Å². The fourth-order valence-corrected chi connectivity index (χ4v) is 2.42. The van der Waals surface area contributed by atoms with E-state index in [-0.39, 0.29) is 13.1 Å². The van der Waals surface area contributed by atoms with Crippen molar-refractivity contribution in [2.24, 2.45) is 0 Å². The molecule has 2 rings (SSSR count). The van der Waals surface area contributed by atoms with Crippen LogP contribution in [0.1, 0.15) is 12.5 Å². The highest BCUT2D eigenvalue weighted by atomic mass is 79.9. The van der Waals surface area contributed by atoms with Crippen LogP contribution < -0.4 is 4.74 Å². The van der Waals surface area contributed by atoms with E-state index in [0.717, 1.165) is 14.3 Å². The minimum atomic E-state index is -0.807. The number of amides is 4. The molecule has 7 heteroatoms. The summed E-state index contributed by atoms with van der Waals surface area (Å²) in [4.78, 5) is 37.3. The molecule has 1 heterocycles. The van der Waals surface area contributed by atoms with Gasteiger partial charge in [-0.2, -0.15) is 0 Å². The molecule has 0 atom stereocenters. The molecule has 1 aliphatic rings. The lowest BCUT2D eigenvalue weighted by Crippen LogP contribution is -2.33. The van der Waals surface area contributed by atoms with Crippen LogP contribution in [-0.2, 0) is 16.1 Å². The van der Waals surface area contributed by atoms with Crippen LogP contribution in [0.25, 0.3) is 0 Å². The van der Waals surface area contributed by atoms with E-state index in [4.69, 9.17) is 4.74 Å². The number of carbonyl (C=O) groups excluding carboxylic acids is 3. The molecule has 0 N–H and O–H groups in total. The summed E-state index contributed by atoms with van der Waals surface area (Å²) in [6.07, 6.45) is 0. The number of urea groups is 1. The van der Waals surface area contributed by atoms with Crippen molar-refractivity contribution in [2.75, 3.05) is 13.7 Å². The standard InChI is InChI=1S/C13H13BrN2O4/c1-3-15-11(17)12(18)16(13(15)19)7-8-6-9(14)4-5-10(8)20-2/h4-6H,3,7H2,1-2H3. The Labute approximate surface area is 124 Å². The van der Waals surface area contributed by atoms with E-state index in [1.165, 1.54) is 7.11 Å². The average Bonchev–Trinajstić information content (AvgIpc) is 2.63. The molecule has 6 nitrogen and oxygen atoms in total. The van der Waals surface area contributed by atoms with Crippen LogP contribution in [0.4, 0.5) is 4.79 Å². The monoisotopic (exact) mass is 340 g/mol. The van der Waals surface area contributed by atoms with Gasteiger partial charge in [-0.15, -0.1) is 0 Å². The predicted octanol–water partition coefficient (Wildman–Crippen LogP) is 1.77. The van der Waals surface area contributed by atoms with Gasteiger partial charge in [-0.05, 0) is 25.1 Å². The molecule has 1 aromatic carbocycles. The maximum Gasteiger partial charge on any atom is 0.334 e. The number of benzene rings is 1. The zero-order chi connectivity index (χ0) is 14.9. The molecular weight excluding hydrogens is 328 g/mol. The molecule has 0 spiro atoms. The molecule has 0 unspecified atom stereocenters. The molecule has 4 amide bonds. The topological polar surface area (TPSA) is 66.9 Å². The normalized spacial score (nSPS) is 15.2. The molecule has 1 aromatic rings. The van der Waals surface area contributed by atoms with Crippen LogP contribution in [0, 0.1) is 0 Å². The Bertz CT molecular complexity index is 588. The first-order valence-corrected chi connectivity index (χ1v) is 6.78. The van der Waals surface area contributed by atoms with Gasteiger partial charge in [0.2, 0.25) is 0 Å². The van der Waals surface area contributed by atoms with Crippen LogP contribution >= 0.6 is 15.9 Å². The fraction of sp³-hybridized carbons (Fsp3) is 0.308. The van der Waals surface area contributed by atoms with Gasteiger partial charge in [0, 0.05) is 16.6 Å². The number of rotatable bonds is 4. The molecule has 0 radical (unpaired) electrons. The van der Waals surface area contributed by atoms with E-state index in [2.05, 4.69) is 15.9 Å². The summed E-state index contributed by atoms with van der Waals surface area (Å²) in [6.45, 7) is 1.82. The predicted molar refractivity (Wildman–Crippen MR) is 74.0 cm³/mol. The van der Waals surface area contributed by atoms with Gasteiger partial charge in [-0.1, -0.05) is 15.9 Å². The van der Waals surface area contributed by atoms with E-state index in [0.29, 0.717) is 11.3 Å². The molecule has 0 aliphatic carbocycles. The fourth-order valence-electron chi connectivity index (χ4n) is 2.01. The number of nitrogens with zero attached hydrogens (tertiary/aromatic N) is 2. The summed E-state index contributed by atoms with van der Waals surface area (Å²) >= 11 is 3.32. The average molecular weight is 341 g/mol. The smallest absolute Gasteiger partial charge is 0.334 e. The molecule has 0 aromatic heterocycles. The van der Waals surface area contributed by atoms with Gasteiger partial charge in [0.15, 0.2) is 0 Å². The number of likely N-dealkylation sites (N-methyl/N-ethyl adjacent to an activating group) is 1. The van der Waals surface area contributed by atoms with E-state index in [1.807, 2.05) is 0 Å². The first-order chi connectivity index (χ1) is 9.49. The quantitative estimate of drug-likeness (QED) is 0.618. The lowest BCUT2D eigenvalue weighted by Gasteiger charge is -2.16. The van der Waals surface area contributed by atoms with Crippen LogP contribution in [-0.4, -0.2) is 41.3 Å². The maximum absolute atomic E-state index is 12.0. The largest absolute Gasteiger partial charge is 0.496 e. The third-order valence-corrected chi connectivity index (χ3v) is 3.52. The minimum Gasteiger partial charge on any atom is -0.496 e. The molecule has 1 fully saturated rings. The summed E-state index contributed by atoms with van der Waals surface area (Å²) in [5.74, 6) is -1.04. The SMILES string of the molecule is CCN1C(=O)C(=O)N(Cc2cc(Br)ccc2OC)C1=O. The molecule has 20 heavy (non-hydrogen) atoms. The Morgan fingerprint density at radius 2 is 1.80 bits per heavy atom. The van der Waals surface area contributed by atoms with Crippen molar-refractivity contribution >= 4 is 33.8 Å². The van der Waals surface area contributed by atoms with E-state index >= 15 is 0 Å². The van der Waals surface area contributed by atoms with Gasteiger partial charge in [-0.25, -0.2) is 4.79 Å². The van der Waals surface area contributed by atoms with E-state index in [1.54, 1.807) is 25.1 Å². The van der Waals surface area contributed by atoms with Crippen molar-refractivity contribution in [1.82, 2.24) is 9.80 Å². The van der Waals surface area contributed by atoms with Gasteiger partial charge >= 0.3 is 17.8 Å². The molecule has 0 saturated carbocycles. The number of carbonyl (C=O) groups is 3. The Kier molecular flexibility index (Phi) is 4.08. The minimum absolute atomic E-state index is 0.00250. The van der Waals surface area contributed by atoms with Crippen molar-refractivity contribution < 1.29 is 19.1 Å². The number of hydrogen-bond acceptors (Lipinski definition) is 4. The summed E-state index contributed by atoms with van der Waals surface area (Å²) in [6, 6.07) is 4.67. The van der Waals surface area contributed by atoms with Crippen molar-refractivity contribution in [3.8, 4) is 5.75 Å². The Hall–Kier alpha value is -1.89. The summed E-state index contributed by atoms with van der Waals surface area (Å²) < 4.78 is 5.99. The van der Waals surface area contributed by atoms with E-state index < -0.39 is 17.8 Å². The highest BCUT2D eigenvalue weighted by molar-refractivity contribution is 9.10. The Balaban J connectivity index is 2.31. The number of imide groups is 2. The number of hydrogen-bond donors (Lipinski definition) is 0. The van der Waals surface area contributed by atoms with Gasteiger partial charge in [0.05, 0.1) is 13.7 Å². The van der Waals surface area contributed by atoms with Crippen molar-refractivity contribution in [3.63, 3.8) is 0 Å². The Morgan fingerprint density at radius 1 is 1.15 bits per heavy atom. The molecule has 1 saturated heterocycles. The summed E-state index contributed by atoms with van der Waals surface area (Å²) in [7, 11) is 1.50. The molecule has 1 aliphatic heterocycles. The Morgan fingerprint density at radius 3 is 2.35 bits per heavy atom. The zero-order valence-electron chi connectivity index (χ0n) is 11.1. The second-order valence-corrected chi connectivity index (χ2v) is 5.10. The van der Waals surface area contributed by atoms with E-state index in [9.17, 15) is 14.4 Å². The second kappa shape index (κ2) is 5.62. The van der Waals surface area contributed by atoms with Gasteiger partial charge in [-0.3, -0.25) is 19.4 Å². The summed E-state index contributed by atoms with van der Waals surface area (Å²) in [5.41, 5.74) is 0.648. The van der Waals surface area contributed by atoms with Gasteiger partial charge < -0.3 is 4.74 Å². The van der Waals surface area contributed by atoms with Crippen LogP contribution in [0.5, 0.6) is 5.75 Å². The number of ether oxygens (including phenoxy) is 1. The van der Waals surface area contributed by atoms with Gasteiger partial charge in [0.25, 0.3) is 0 Å². The molecule has 0 bridgehead atoms. The second-order valence-electron chi connectivity index (χ2n) is 4.18. The van der Waals surface area contributed by atoms with Crippen molar-refractivity contribution in [2.45, 2.75) is 13.5 Å². The highest BCUT2D eigenvalue weighted by Crippen LogP contribution is 2.26. The lowest BCUT2D eigenvalue weighted by molar-refractivity contribution is -0.143. The zero-order valence-corrected chi connectivity index (χ0v) is 12.6. The van der Waals surface area contributed by atoms with Crippen molar-refractivity contribution in [3.05, 3.63) is 28.2 Å². The van der Waals surface area contributed by atoms with Crippen LogP contribution in [0.15, 0.2) is 22.7 Å². The van der Waals surface area contributed by atoms with Crippen LogP contribution in [0.3, 0.4) is 0 Å². The number of halogens is 1. The lowest BCUT2D eigenvalue weighted by atomic mass is 10.2. The highest BCUT2D eigenvalue weighted by Gasteiger charge is 2.43. The number of methoxy groups -OCH3 is 1. The third-order valence-electron chi connectivity index (χ3n) is 3.02. The van der Waals surface area contributed by atoms with Crippen molar-refractivity contribution in [1.29, 1.82) is 0 Å². The van der Waals surface area contributed by atoms with Crippen LogP contribution in [0.2, 0.25) is 0 Å². The maximum atomic E-state index is 12.0. The first-order valence-electron chi connectivity index (χ1n) is 5.99. The summed E-state index contributed by atoms with van der Waals surface area (Å²) in [5, 5.41) is 0. The molecule has 106 valence electrons.